The molecule has 0 spiro atoms. The Morgan fingerprint density at radius 3 is 2.34 bits per heavy atom. The van der Waals surface area contributed by atoms with E-state index in [2.05, 4.69) is 5.32 Å². The summed E-state index contributed by atoms with van der Waals surface area (Å²) < 4.78 is 32.3. The van der Waals surface area contributed by atoms with Gasteiger partial charge in [0.2, 0.25) is 10.0 Å². The van der Waals surface area contributed by atoms with Crippen molar-refractivity contribution in [3.63, 3.8) is 0 Å². The van der Waals surface area contributed by atoms with Crippen LogP contribution < -0.4 is 10.1 Å². The van der Waals surface area contributed by atoms with Crippen LogP contribution in [0.5, 0.6) is 5.75 Å². The number of nitrogens with zero attached hydrogens (tertiary/aromatic N) is 3. The topological polar surface area (TPSA) is 99.3 Å². The van der Waals surface area contributed by atoms with E-state index in [1.165, 1.54) is 9.21 Å². The Kier molecular flexibility index (Phi) is 5.93. The zero-order chi connectivity index (χ0) is 22.9. The third kappa shape index (κ3) is 3.96. The highest BCUT2D eigenvalue weighted by Crippen LogP contribution is 2.31. The van der Waals surface area contributed by atoms with Crippen LogP contribution in [-0.4, -0.2) is 74.4 Å². The van der Waals surface area contributed by atoms with Crippen LogP contribution in [0, 0.1) is 0 Å². The summed E-state index contributed by atoms with van der Waals surface area (Å²) in [5.74, 6) is 0.245. The number of sulfonamides is 1. The van der Waals surface area contributed by atoms with Crippen molar-refractivity contribution < 1.29 is 22.7 Å². The highest BCUT2D eigenvalue weighted by atomic mass is 32.2. The molecule has 1 atom stereocenters. The lowest BCUT2D eigenvalue weighted by Gasteiger charge is -2.35. The second-order valence-corrected chi connectivity index (χ2v) is 9.93. The number of piperazine rings is 1. The largest absolute Gasteiger partial charge is 0.497 e. The molecule has 10 heteroatoms. The van der Waals surface area contributed by atoms with E-state index in [0.29, 0.717) is 24.4 Å². The number of benzene rings is 2. The number of imide groups is 1. The molecule has 4 rings (SSSR count). The van der Waals surface area contributed by atoms with Crippen LogP contribution in [0.15, 0.2) is 59.5 Å². The maximum Gasteiger partial charge on any atom is 0.326 e. The summed E-state index contributed by atoms with van der Waals surface area (Å²) in [6.07, 6.45) is 0. The van der Waals surface area contributed by atoms with Gasteiger partial charge in [-0.3, -0.25) is 9.69 Å². The molecular weight excluding hydrogens is 432 g/mol. The van der Waals surface area contributed by atoms with Crippen molar-refractivity contribution >= 4 is 22.0 Å². The molecule has 2 aliphatic heterocycles. The molecule has 2 saturated heterocycles. The highest BCUT2D eigenvalue weighted by Gasteiger charge is 2.49. The molecule has 0 saturated carbocycles. The molecule has 32 heavy (non-hydrogen) atoms. The lowest BCUT2D eigenvalue weighted by molar-refractivity contribution is -0.132. The van der Waals surface area contributed by atoms with Gasteiger partial charge < -0.3 is 10.1 Å². The van der Waals surface area contributed by atoms with Gasteiger partial charge in [-0.2, -0.15) is 4.31 Å². The number of methoxy groups -OCH3 is 1. The summed E-state index contributed by atoms with van der Waals surface area (Å²) >= 11 is 0. The number of hydrogen-bond donors (Lipinski definition) is 1. The smallest absolute Gasteiger partial charge is 0.326 e. The predicted octanol–water partition coefficient (Wildman–Crippen LogP) is 1.43. The minimum atomic E-state index is -3.56. The Bertz CT molecular complexity index is 1120. The zero-order valence-electron chi connectivity index (χ0n) is 18.0. The van der Waals surface area contributed by atoms with Crippen LogP contribution in [0.4, 0.5) is 4.79 Å². The minimum Gasteiger partial charge on any atom is -0.497 e. The van der Waals surface area contributed by atoms with Crippen LogP contribution in [0.25, 0.3) is 0 Å². The lowest BCUT2D eigenvalue weighted by atomic mass is 9.92. The van der Waals surface area contributed by atoms with E-state index in [4.69, 9.17) is 4.74 Å². The number of carbonyl (C=O) groups excluding carboxylic acids is 2. The predicted molar refractivity (Wildman–Crippen MR) is 117 cm³/mol. The Hall–Kier alpha value is -2.95. The molecular formula is C22H26N4O5S. The molecule has 0 aliphatic carbocycles. The van der Waals surface area contributed by atoms with E-state index in [1.54, 1.807) is 68.6 Å². The molecule has 0 aromatic heterocycles. The Labute approximate surface area is 187 Å². The van der Waals surface area contributed by atoms with Gasteiger partial charge in [0.25, 0.3) is 5.91 Å². The van der Waals surface area contributed by atoms with Gasteiger partial charge in [0.1, 0.15) is 11.3 Å². The van der Waals surface area contributed by atoms with Crippen molar-refractivity contribution in [1.82, 2.24) is 19.4 Å². The van der Waals surface area contributed by atoms with Gasteiger partial charge in [0.15, 0.2) is 0 Å². The second-order valence-electron chi connectivity index (χ2n) is 8.00. The van der Waals surface area contributed by atoms with Gasteiger partial charge in [0.05, 0.1) is 18.7 Å². The zero-order valence-corrected chi connectivity index (χ0v) is 18.8. The van der Waals surface area contributed by atoms with E-state index < -0.39 is 21.6 Å². The Morgan fingerprint density at radius 2 is 1.69 bits per heavy atom. The molecule has 0 radical (unpaired) electrons. The third-order valence-corrected chi connectivity index (χ3v) is 7.89. The number of rotatable bonds is 6. The SMILES string of the molecule is COc1cccc([C@@]2(C)NC(=O)N(CN3CCN(S(=O)(=O)c4ccccc4)CC3)C2=O)c1. The molecule has 170 valence electrons. The first kappa shape index (κ1) is 22.3. The molecule has 0 bridgehead atoms. The first-order valence-electron chi connectivity index (χ1n) is 10.3. The first-order valence-corrected chi connectivity index (χ1v) is 11.8. The van der Waals surface area contributed by atoms with Gasteiger partial charge in [0, 0.05) is 26.2 Å². The van der Waals surface area contributed by atoms with Crippen LogP contribution in [0.1, 0.15) is 12.5 Å². The molecule has 1 N–H and O–H groups in total. The molecule has 2 aromatic carbocycles. The summed E-state index contributed by atoms with van der Waals surface area (Å²) in [7, 11) is -2.02. The fourth-order valence-corrected chi connectivity index (χ4v) is 5.45. The van der Waals surface area contributed by atoms with Crippen molar-refractivity contribution in [3.05, 3.63) is 60.2 Å². The Morgan fingerprint density at radius 1 is 1.00 bits per heavy atom. The van der Waals surface area contributed by atoms with Gasteiger partial charge in [-0.15, -0.1) is 0 Å². The third-order valence-electron chi connectivity index (χ3n) is 5.98. The first-order chi connectivity index (χ1) is 15.3. The minimum absolute atomic E-state index is 0.101. The van der Waals surface area contributed by atoms with Gasteiger partial charge in [-0.25, -0.2) is 18.1 Å². The van der Waals surface area contributed by atoms with Crippen molar-refractivity contribution in [2.45, 2.75) is 17.4 Å². The van der Waals surface area contributed by atoms with Crippen LogP contribution in [0.2, 0.25) is 0 Å². The average Bonchev–Trinajstić information content (AvgIpc) is 3.04. The van der Waals surface area contributed by atoms with Gasteiger partial charge in [-0.05, 0) is 36.8 Å². The van der Waals surface area contributed by atoms with Crippen molar-refractivity contribution in [2.75, 3.05) is 40.0 Å². The van der Waals surface area contributed by atoms with Gasteiger partial charge in [-0.1, -0.05) is 30.3 Å². The van der Waals surface area contributed by atoms with Crippen molar-refractivity contribution in [3.8, 4) is 5.75 Å². The number of hydrogen-bond acceptors (Lipinski definition) is 6. The quantitative estimate of drug-likeness (QED) is 0.658. The maximum absolute atomic E-state index is 13.2. The summed E-state index contributed by atoms with van der Waals surface area (Å²) in [6, 6.07) is 14.9. The van der Waals surface area contributed by atoms with Crippen LogP contribution >= 0.6 is 0 Å². The number of carbonyl (C=O) groups is 2. The standard InChI is InChI=1S/C22H26N4O5S/c1-22(17-7-6-8-18(15-17)31-2)20(27)26(21(28)23-22)16-24-11-13-25(14-12-24)32(29,30)19-9-4-3-5-10-19/h3-10,15H,11-14,16H2,1-2H3,(H,23,28)/t22-/m1/s1. The summed E-state index contributed by atoms with van der Waals surface area (Å²) in [5.41, 5.74) is -0.555. The normalized spacial score (nSPS) is 22.8. The van der Waals surface area contributed by atoms with E-state index in [-0.39, 0.29) is 30.6 Å². The second kappa shape index (κ2) is 8.53. The van der Waals surface area contributed by atoms with E-state index in [9.17, 15) is 18.0 Å². The molecule has 9 nitrogen and oxygen atoms in total. The molecule has 2 heterocycles. The molecule has 2 aromatic rings. The fraction of sp³-hybridized carbons (Fsp3) is 0.364. The van der Waals surface area contributed by atoms with Crippen molar-refractivity contribution in [1.29, 1.82) is 0 Å². The summed E-state index contributed by atoms with van der Waals surface area (Å²) in [6.45, 7) is 3.18. The monoisotopic (exact) mass is 458 g/mol. The average molecular weight is 459 g/mol. The number of urea groups is 1. The fourth-order valence-electron chi connectivity index (χ4n) is 4.01. The van der Waals surface area contributed by atoms with E-state index in [1.807, 2.05) is 4.90 Å². The molecule has 3 amide bonds. The van der Waals surface area contributed by atoms with Crippen LogP contribution in [0.3, 0.4) is 0 Å². The van der Waals surface area contributed by atoms with Crippen LogP contribution in [-0.2, 0) is 20.4 Å². The summed E-state index contributed by atoms with van der Waals surface area (Å²) in [4.78, 5) is 29.2. The number of amides is 3. The highest BCUT2D eigenvalue weighted by molar-refractivity contribution is 7.89. The van der Waals surface area contributed by atoms with E-state index >= 15 is 0 Å². The Balaban J connectivity index is 1.42. The van der Waals surface area contributed by atoms with E-state index in [0.717, 1.165) is 0 Å². The molecule has 0 unspecified atom stereocenters. The number of ether oxygens (including phenoxy) is 1. The molecule has 2 fully saturated rings. The maximum atomic E-state index is 13.2. The van der Waals surface area contributed by atoms with Crippen molar-refractivity contribution in [2.24, 2.45) is 0 Å². The summed E-state index contributed by atoms with van der Waals surface area (Å²) in [5, 5.41) is 2.79. The lowest BCUT2D eigenvalue weighted by Crippen LogP contribution is -2.52. The van der Waals surface area contributed by atoms with Gasteiger partial charge >= 0.3 is 6.03 Å². The number of nitrogens with one attached hydrogen (secondary N) is 1. The molecule has 2 aliphatic rings.